The Morgan fingerprint density at radius 1 is 1.21 bits per heavy atom. The SMILES string of the molecule is Cc1c(Cl)cc2cccnc2c1N1CCCN(CC2CSC(C3CCC(C)(O)CC3)=N2)CC1. The third-order valence-electron chi connectivity index (χ3n) is 7.58. The molecule has 5 nitrogen and oxygen atoms in total. The Morgan fingerprint density at radius 2 is 2.03 bits per heavy atom. The molecule has 0 amide bonds. The number of fused-ring (bicyclic) bond motifs is 1. The molecule has 7 heteroatoms. The summed E-state index contributed by atoms with van der Waals surface area (Å²) in [6.07, 6.45) is 6.96. The zero-order valence-corrected chi connectivity index (χ0v) is 21.3. The number of benzene rings is 1. The molecule has 178 valence electrons. The molecule has 2 fully saturated rings. The van der Waals surface area contributed by atoms with E-state index >= 15 is 0 Å². The number of anilines is 1. The molecule has 2 aromatic rings. The lowest BCUT2D eigenvalue weighted by atomic mass is 9.80. The van der Waals surface area contributed by atoms with Crippen molar-refractivity contribution in [3.05, 3.63) is 35.0 Å². The van der Waals surface area contributed by atoms with Gasteiger partial charge in [0.25, 0.3) is 0 Å². The molecule has 0 spiro atoms. The Labute approximate surface area is 206 Å². The van der Waals surface area contributed by atoms with Gasteiger partial charge in [-0.1, -0.05) is 17.7 Å². The van der Waals surface area contributed by atoms with Crippen molar-refractivity contribution in [2.75, 3.05) is 43.4 Å². The minimum atomic E-state index is -0.472. The van der Waals surface area contributed by atoms with Gasteiger partial charge in [0, 0.05) is 54.5 Å². The van der Waals surface area contributed by atoms with Gasteiger partial charge in [0.15, 0.2) is 0 Å². The monoisotopic (exact) mass is 486 g/mol. The molecular weight excluding hydrogens is 452 g/mol. The van der Waals surface area contributed by atoms with E-state index in [1.807, 2.05) is 37.0 Å². The fraction of sp³-hybridized carbons (Fsp3) is 0.615. The van der Waals surface area contributed by atoms with Gasteiger partial charge in [-0.3, -0.25) is 14.9 Å². The summed E-state index contributed by atoms with van der Waals surface area (Å²) in [5.41, 5.74) is 2.91. The zero-order valence-electron chi connectivity index (χ0n) is 19.8. The molecule has 1 saturated carbocycles. The van der Waals surface area contributed by atoms with Crippen LogP contribution < -0.4 is 4.90 Å². The first-order valence-corrected chi connectivity index (χ1v) is 13.7. The van der Waals surface area contributed by atoms with Crippen molar-refractivity contribution in [3.8, 4) is 0 Å². The molecule has 1 N–H and O–H groups in total. The second-order valence-electron chi connectivity index (χ2n) is 10.3. The summed E-state index contributed by atoms with van der Waals surface area (Å²) in [4.78, 5) is 14.9. The molecule has 1 saturated heterocycles. The van der Waals surface area contributed by atoms with Crippen molar-refractivity contribution in [1.82, 2.24) is 9.88 Å². The number of halogens is 1. The molecule has 1 aliphatic carbocycles. The molecule has 1 unspecified atom stereocenters. The smallest absolute Gasteiger partial charge is 0.0939 e. The first-order valence-electron chi connectivity index (χ1n) is 12.3. The van der Waals surface area contributed by atoms with Crippen LogP contribution in [-0.4, -0.2) is 70.2 Å². The number of aliphatic imine (C=N–C) groups is 1. The average molecular weight is 487 g/mol. The van der Waals surface area contributed by atoms with Crippen LogP contribution in [0.25, 0.3) is 10.9 Å². The van der Waals surface area contributed by atoms with E-state index in [1.54, 1.807) is 0 Å². The maximum atomic E-state index is 10.3. The van der Waals surface area contributed by atoms with E-state index in [1.165, 1.54) is 10.7 Å². The van der Waals surface area contributed by atoms with Crippen molar-refractivity contribution in [1.29, 1.82) is 0 Å². The van der Waals surface area contributed by atoms with E-state index in [4.69, 9.17) is 21.6 Å². The second kappa shape index (κ2) is 9.73. The summed E-state index contributed by atoms with van der Waals surface area (Å²) in [5, 5.41) is 13.5. The fourth-order valence-electron chi connectivity index (χ4n) is 5.57. The highest BCUT2D eigenvalue weighted by Gasteiger charge is 2.34. The highest BCUT2D eigenvalue weighted by molar-refractivity contribution is 8.14. The number of hydrogen-bond acceptors (Lipinski definition) is 6. The fourth-order valence-corrected chi connectivity index (χ4v) is 7.01. The molecule has 3 aliphatic rings. The van der Waals surface area contributed by atoms with E-state index in [2.05, 4.69) is 22.8 Å². The summed E-state index contributed by atoms with van der Waals surface area (Å²) < 4.78 is 0. The molecule has 1 aromatic heterocycles. The Kier molecular flexibility index (Phi) is 6.90. The van der Waals surface area contributed by atoms with Crippen LogP contribution in [0.15, 0.2) is 29.4 Å². The van der Waals surface area contributed by atoms with E-state index in [9.17, 15) is 5.11 Å². The Bertz CT molecular complexity index is 1030. The van der Waals surface area contributed by atoms with Gasteiger partial charge in [-0.2, -0.15) is 0 Å². The summed E-state index contributed by atoms with van der Waals surface area (Å²) in [7, 11) is 0. The molecule has 0 radical (unpaired) electrons. The van der Waals surface area contributed by atoms with Crippen LogP contribution in [0.2, 0.25) is 5.02 Å². The van der Waals surface area contributed by atoms with Gasteiger partial charge in [0.2, 0.25) is 0 Å². The number of thioether (sulfide) groups is 1. The van der Waals surface area contributed by atoms with Gasteiger partial charge in [0.05, 0.1) is 27.9 Å². The van der Waals surface area contributed by atoms with E-state index in [0.717, 1.165) is 92.1 Å². The van der Waals surface area contributed by atoms with Crippen LogP contribution in [0.4, 0.5) is 5.69 Å². The third kappa shape index (κ3) is 5.19. The van der Waals surface area contributed by atoms with Gasteiger partial charge in [0.1, 0.15) is 0 Å². The molecule has 1 aromatic carbocycles. The Morgan fingerprint density at radius 3 is 2.85 bits per heavy atom. The topological polar surface area (TPSA) is 52.0 Å². The maximum absolute atomic E-state index is 10.3. The Hall–Kier alpha value is -1.34. The average Bonchev–Trinajstić information content (AvgIpc) is 3.13. The van der Waals surface area contributed by atoms with Gasteiger partial charge < -0.3 is 10.0 Å². The number of rotatable bonds is 4. The molecule has 3 heterocycles. The largest absolute Gasteiger partial charge is 0.390 e. The van der Waals surface area contributed by atoms with E-state index in [0.29, 0.717) is 12.0 Å². The lowest BCUT2D eigenvalue weighted by Gasteiger charge is -2.32. The number of aromatic nitrogens is 1. The second-order valence-corrected chi connectivity index (χ2v) is 11.7. The number of aliphatic hydroxyl groups is 1. The quantitative estimate of drug-likeness (QED) is 0.646. The highest BCUT2D eigenvalue weighted by Crippen LogP contribution is 2.38. The van der Waals surface area contributed by atoms with Crippen molar-refractivity contribution < 1.29 is 5.11 Å². The van der Waals surface area contributed by atoms with Gasteiger partial charge >= 0.3 is 0 Å². The van der Waals surface area contributed by atoms with Crippen LogP contribution in [-0.2, 0) is 0 Å². The predicted octanol–water partition coefficient (Wildman–Crippen LogP) is 5.16. The van der Waals surface area contributed by atoms with Crippen molar-refractivity contribution in [2.24, 2.45) is 10.9 Å². The molecular formula is C26H35ClN4OS. The number of hydrogen-bond donors (Lipinski definition) is 1. The van der Waals surface area contributed by atoms with Gasteiger partial charge in [-0.05, 0) is 70.2 Å². The lowest BCUT2D eigenvalue weighted by Crippen LogP contribution is -2.36. The van der Waals surface area contributed by atoms with Crippen molar-refractivity contribution in [3.63, 3.8) is 0 Å². The first kappa shape index (κ1) is 23.4. The van der Waals surface area contributed by atoms with Crippen LogP contribution >= 0.6 is 23.4 Å². The summed E-state index contributed by atoms with van der Waals surface area (Å²) >= 11 is 8.55. The van der Waals surface area contributed by atoms with Crippen molar-refractivity contribution >= 4 is 45.0 Å². The van der Waals surface area contributed by atoms with Crippen LogP contribution in [0.1, 0.15) is 44.6 Å². The van der Waals surface area contributed by atoms with E-state index in [-0.39, 0.29) is 0 Å². The standard InChI is InChI=1S/C26H35ClN4OS/c1-18-22(27)15-20-5-3-10-28-23(20)24(18)31-12-4-11-30(13-14-31)16-21-17-33-25(29-21)19-6-8-26(2,32)9-7-19/h3,5,10,15,19,21,32H,4,6-9,11-14,16-17H2,1-2H3. The normalized spacial score (nSPS) is 29.3. The van der Waals surface area contributed by atoms with Crippen LogP contribution in [0.3, 0.4) is 0 Å². The molecule has 2 aliphatic heterocycles. The summed E-state index contributed by atoms with van der Waals surface area (Å²) in [5.74, 6) is 1.66. The lowest BCUT2D eigenvalue weighted by molar-refractivity contribution is 0.0161. The van der Waals surface area contributed by atoms with Crippen LogP contribution in [0.5, 0.6) is 0 Å². The molecule has 0 bridgehead atoms. The van der Waals surface area contributed by atoms with Crippen molar-refractivity contribution in [2.45, 2.75) is 57.6 Å². The first-order chi connectivity index (χ1) is 15.9. The minimum Gasteiger partial charge on any atom is -0.390 e. The highest BCUT2D eigenvalue weighted by atomic mass is 35.5. The zero-order chi connectivity index (χ0) is 23.0. The minimum absolute atomic E-state index is 0.398. The third-order valence-corrected chi connectivity index (χ3v) is 9.26. The van der Waals surface area contributed by atoms with Gasteiger partial charge in [-0.25, -0.2) is 0 Å². The van der Waals surface area contributed by atoms with Gasteiger partial charge in [-0.15, -0.1) is 11.8 Å². The van der Waals surface area contributed by atoms with Crippen LogP contribution in [0, 0.1) is 12.8 Å². The predicted molar refractivity (Wildman–Crippen MR) is 141 cm³/mol. The molecule has 33 heavy (non-hydrogen) atoms. The maximum Gasteiger partial charge on any atom is 0.0939 e. The number of nitrogens with zero attached hydrogens (tertiary/aromatic N) is 4. The number of pyridine rings is 1. The summed E-state index contributed by atoms with van der Waals surface area (Å²) in [6.45, 7) is 9.30. The van der Waals surface area contributed by atoms with E-state index < -0.39 is 5.60 Å². The molecule has 1 atom stereocenters. The molecule has 5 rings (SSSR count). The summed E-state index contributed by atoms with van der Waals surface area (Å²) in [6, 6.07) is 6.51. The Balaban J connectivity index is 1.23.